The van der Waals surface area contributed by atoms with Crippen LogP contribution in [0.3, 0.4) is 0 Å². The van der Waals surface area contributed by atoms with Crippen LogP contribution in [0.4, 0.5) is 0 Å². The van der Waals surface area contributed by atoms with Gasteiger partial charge in [0.2, 0.25) is 0 Å². The molecule has 0 saturated heterocycles. The van der Waals surface area contributed by atoms with E-state index in [0.717, 1.165) is 5.57 Å². The molecule has 0 aliphatic carbocycles. The molecule has 0 aliphatic heterocycles. The van der Waals surface area contributed by atoms with Gasteiger partial charge in [-0.2, -0.15) is 0 Å². The molecule has 0 unspecified atom stereocenters. The molecular weight excluding hydrogens is 305 g/mol. The van der Waals surface area contributed by atoms with Crippen LogP contribution in [0.2, 0.25) is 0 Å². The van der Waals surface area contributed by atoms with Gasteiger partial charge in [0.15, 0.2) is 0 Å². The molecular formula is C12H17BrClNO2. The van der Waals surface area contributed by atoms with Crippen LogP contribution in [0.25, 0.3) is 0 Å². The van der Waals surface area contributed by atoms with Gasteiger partial charge in [-0.15, -0.1) is 19.0 Å². The van der Waals surface area contributed by atoms with Crippen LogP contribution in [0.15, 0.2) is 28.8 Å². The normalized spacial score (nSPS) is 11.5. The molecule has 0 bridgehead atoms. The third kappa shape index (κ3) is 4.22. The van der Waals surface area contributed by atoms with E-state index in [2.05, 4.69) is 22.5 Å². The summed E-state index contributed by atoms with van der Waals surface area (Å²) in [6.07, 6.45) is 0.632. The first-order valence-corrected chi connectivity index (χ1v) is 5.71. The number of hydrogen-bond acceptors (Lipinski definition) is 3. The van der Waals surface area contributed by atoms with Crippen molar-refractivity contribution in [1.82, 2.24) is 0 Å². The Labute approximate surface area is 116 Å². The summed E-state index contributed by atoms with van der Waals surface area (Å²) in [6, 6.07) is 3.17. The second-order valence-electron chi connectivity index (χ2n) is 3.81. The van der Waals surface area contributed by atoms with Gasteiger partial charge in [-0.25, -0.2) is 0 Å². The van der Waals surface area contributed by atoms with E-state index in [1.165, 1.54) is 0 Å². The molecule has 0 amide bonds. The van der Waals surface area contributed by atoms with E-state index in [9.17, 15) is 5.11 Å². The van der Waals surface area contributed by atoms with Gasteiger partial charge in [0.25, 0.3) is 0 Å². The van der Waals surface area contributed by atoms with Gasteiger partial charge in [0.1, 0.15) is 11.5 Å². The summed E-state index contributed by atoms with van der Waals surface area (Å²) in [4.78, 5) is 0. The van der Waals surface area contributed by atoms with Crippen LogP contribution in [0.5, 0.6) is 11.5 Å². The smallest absolute Gasteiger partial charge is 0.134 e. The lowest BCUT2D eigenvalue weighted by Crippen LogP contribution is -2.11. The van der Waals surface area contributed by atoms with E-state index < -0.39 is 0 Å². The van der Waals surface area contributed by atoms with Crippen molar-refractivity contribution in [2.45, 2.75) is 19.4 Å². The maximum Gasteiger partial charge on any atom is 0.134 e. The molecule has 1 rings (SSSR count). The van der Waals surface area contributed by atoms with E-state index in [-0.39, 0.29) is 24.2 Å². The van der Waals surface area contributed by atoms with Crippen molar-refractivity contribution >= 4 is 28.3 Å². The Morgan fingerprint density at radius 2 is 2.18 bits per heavy atom. The minimum absolute atomic E-state index is 0. The first-order valence-electron chi connectivity index (χ1n) is 4.92. The summed E-state index contributed by atoms with van der Waals surface area (Å²) in [7, 11) is 1.58. The topological polar surface area (TPSA) is 55.5 Å². The Hall–Kier alpha value is -0.710. The average molecular weight is 323 g/mol. The highest BCUT2D eigenvalue weighted by Gasteiger charge is 2.15. The Bertz CT molecular complexity index is 410. The molecule has 17 heavy (non-hydrogen) atoms. The van der Waals surface area contributed by atoms with Crippen LogP contribution in [0, 0.1) is 0 Å². The fraction of sp³-hybridized carbons (Fsp3) is 0.333. The van der Waals surface area contributed by atoms with Crippen LogP contribution < -0.4 is 10.5 Å². The maximum atomic E-state index is 9.89. The molecule has 5 heteroatoms. The predicted molar refractivity (Wildman–Crippen MR) is 76.0 cm³/mol. The molecule has 0 saturated carbocycles. The summed E-state index contributed by atoms with van der Waals surface area (Å²) >= 11 is 3.26. The van der Waals surface area contributed by atoms with Gasteiger partial charge >= 0.3 is 0 Å². The van der Waals surface area contributed by atoms with Gasteiger partial charge in [-0.3, -0.25) is 0 Å². The van der Waals surface area contributed by atoms with Crippen molar-refractivity contribution in [2.75, 3.05) is 7.11 Å². The third-order valence-corrected chi connectivity index (χ3v) is 2.87. The molecule has 3 N–H and O–H groups in total. The number of phenolic OH excluding ortho intramolecular Hbond substituents is 1. The second-order valence-corrected chi connectivity index (χ2v) is 4.67. The van der Waals surface area contributed by atoms with Crippen LogP contribution in [-0.2, 0) is 0 Å². The van der Waals surface area contributed by atoms with Gasteiger partial charge in [0.05, 0.1) is 11.6 Å². The van der Waals surface area contributed by atoms with E-state index >= 15 is 0 Å². The summed E-state index contributed by atoms with van der Waals surface area (Å²) in [6.45, 7) is 5.72. The SMILES string of the molecule is C=C(C)C[C@@H](N)c1cc(OC)cc(Br)c1O.Cl. The Kier molecular flexibility index (Phi) is 6.60. The predicted octanol–water partition coefficient (Wildman–Crippen LogP) is 3.55. The zero-order chi connectivity index (χ0) is 12.3. The largest absolute Gasteiger partial charge is 0.506 e. The lowest BCUT2D eigenvalue weighted by Gasteiger charge is -2.15. The second kappa shape index (κ2) is 6.89. The van der Waals surface area contributed by atoms with Crippen molar-refractivity contribution < 1.29 is 9.84 Å². The molecule has 1 atom stereocenters. The van der Waals surface area contributed by atoms with Crippen molar-refractivity contribution in [1.29, 1.82) is 0 Å². The van der Waals surface area contributed by atoms with E-state index in [1.807, 2.05) is 6.92 Å². The number of aromatic hydroxyl groups is 1. The fourth-order valence-corrected chi connectivity index (χ4v) is 1.93. The number of benzene rings is 1. The minimum atomic E-state index is -0.274. The van der Waals surface area contributed by atoms with E-state index in [1.54, 1.807) is 19.2 Å². The molecule has 0 spiro atoms. The van der Waals surface area contributed by atoms with Crippen LogP contribution in [0.1, 0.15) is 24.9 Å². The van der Waals surface area contributed by atoms with Crippen molar-refractivity contribution in [2.24, 2.45) is 5.73 Å². The summed E-state index contributed by atoms with van der Waals surface area (Å²) < 4.78 is 5.71. The Morgan fingerprint density at radius 1 is 1.59 bits per heavy atom. The highest BCUT2D eigenvalue weighted by Crippen LogP contribution is 2.36. The number of methoxy groups -OCH3 is 1. The molecule has 0 heterocycles. The number of rotatable bonds is 4. The summed E-state index contributed by atoms with van der Waals surface area (Å²) in [5, 5.41) is 9.89. The number of halogens is 2. The van der Waals surface area contributed by atoms with Gasteiger partial charge in [0, 0.05) is 11.6 Å². The molecule has 1 aromatic carbocycles. The maximum absolute atomic E-state index is 9.89. The minimum Gasteiger partial charge on any atom is -0.506 e. The highest BCUT2D eigenvalue weighted by atomic mass is 79.9. The molecule has 0 radical (unpaired) electrons. The molecule has 0 fully saturated rings. The number of nitrogens with two attached hydrogens (primary N) is 1. The summed E-state index contributed by atoms with van der Waals surface area (Å²) in [5.74, 6) is 0.825. The third-order valence-electron chi connectivity index (χ3n) is 2.27. The average Bonchev–Trinajstić information content (AvgIpc) is 2.20. The lowest BCUT2D eigenvalue weighted by atomic mass is 10.00. The van der Waals surface area contributed by atoms with Crippen molar-refractivity contribution in [3.63, 3.8) is 0 Å². The van der Waals surface area contributed by atoms with Crippen LogP contribution >= 0.6 is 28.3 Å². The quantitative estimate of drug-likeness (QED) is 0.834. The van der Waals surface area contributed by atoms with E-state index in [4.69, 9.17) is 10.5 Å². The molecule has 0 aliphatic rings. The monoisotopic (exact) mass is 321 g/mol. The lowest BCUT2D eigenvalue weighted by molar-refractivity contribution is 0.408. The summed E-state index contributed by atoms with van der Waals surface area (Å²) in [5.41, 5.74) is 7.63. The zero-order valence-corrected chi connectivity index (χ0v) is 12.3. The van der Waals surface area contributed by atoms with E-state index in [0.29, 0.717) is 22.2 Å². The number of ether oxygens (including phenoxy) is 1. The molecule has 0 aromatic heterocycles. The molecule has 3 nitrogen and oxygen atoms in total. The van der Waals surface area contributed by atoms with Gasteiger partial charge in [-0.1, -0.05) is 5.57 Å². The standard InChI is InChI=1S/C12H16BrNO2.ClH/c1-7(2)4-11(14)9-5-8(16-3)6-10(13)12(9)15;/h5-6,11,15H,1,4,14H2,2-3H3;1H/t11-;/m1./s1. The van der Waals surface area contributed by atoms with Gasteiger partial charge < -0.3 is 15.6 Å². The first-order chi connectivity index (χ1) is 7.45. The van der Waals surface area contributed by atoms with Gasteiger partial charge in [-0.05, 0) is 41.4 Å². The van der Waals surface area contributed by atoms with Crippen LogP contribution in [-0.4, -0.2) is 12.2 Å². The zero-order valence-electron chi connectivity index (χ0n) is 9.87. The number of phenols is 1. The Morgan fingerprint density at radius 3 is 2.65 bits per heavy atom. The van der Waals surface area contributed by atoms with Crippen molar-refractivity contribution in [3.8, 4) is 11.5 Å². The number of hydrogen-bond donors (Lipinski definition) is 2. The van der Waals surface area contributed by atoms with Crippen molar-refractivity contribution in [3.05, 3.63) is 34.3 Å². The highest BCUT2D eigenvalue weighted by molar-refractivity contribution is 9.10. The first kappa shape index (κ1) is 16.3. The Balaban J connectivity index is 0.00000256. The fourth-order valence-electron chi connectivity index (χ4n) is 1.48. The molecule has 1 aromatic rings. The molecule has 96 valence electrons.